The molecule has 0 amide bonds. The van der Waals surface area contributed by atoms with Crippen LogP contribution in [0.1, 0.15) is 206 Å². The van der Waals surface area contributed by atoms with E-state index in [-0.39, 0.29) is 25.2 Å². The second-order valence-electron chi connectivity index (χ2n) is 17.0. The zero-order chi connectivity index (χ0) is 41.7. The maximum Gasteiger partial charge on any atom is 0.306 e. The molecule has 330 valence electrons. The Morgan fingerprint density at radius 2 is 0.690 bits per heavy atom. The molecule has 0 bridgehead atoms. The maximum atomic E-state index is 12.8. The van der Waals surface area contributed by atoms with Gasteiger partial charge in [0.25, 0.3) is 0 Å². The van der Waals surface area contributed by atoms with Gasteiger partial charge in [-0.3, -0.25) is 9.59 Å². The van der Waals surface area contributed by atoms with E-state index in [2.05, 4.69) is 61.8 Å². The summed E-state index contributed by atoms with van der Waals surface area (Å²) in [7, 11) is 0. The van der Waals surface area contributed by atoms with Gasteiger partial charge in [-0.15, -0.1) is 0 Å². The van der Waals surface area contributed by atoms with Crippen molar-refractivity contribution < 1.29 is 19.1 Å². The minimum Gasteiger partial charge on any atom is -0.461 e. The number of benzene rings is 2. The summed E-state index contributed by atoms with van der Waals surface area (Å²) in [6.45, 7) is 16.1. The van der Waals surface area contributed by atoms with E-state index in [9.17, 15) is 9.59 Å². The zero-order valence-corrected chi connectivity index (χ0v) is 38.2. The summed E-state index contributed by atoms with van der Waals surface area (Å²) in [6, 6.07) is 16.4. The average Bonchev–Trinajstić information content (AvgIpc) is 3.24. The molecule has 58 heavy (non-hydrogen) atoms. The van der Waals surface area contributed by atoms with Crippen molar-refractivity contribution in [1.82, 2.24) is 9.80 Å². The minimum absolute atomic E-state index is 0.121. The number of rotatable bonds is 39. The second kappa shape index (κ2) is 36.2. The molecule has 0 aliphatic rings. The van der Waals surface area contributed by atoms with Gasteiger partial charge < -0.3 is 19.3 Å². The number of carbonyl (C=O) groups is 2. The van der Waals surface area contributed by atoms with Gasteiger partial charge in [0.1, 0.15) is 13.2 Å². The summed E-state index contributed by atoms with van der Waals surface area (Å²) in [5.41, 5.74) is 4.08. The average molecular weight is 805 g/mol. The molecule has 0 aromatic heterocycles. The van der Waals surface area contributed by atoms with Crippen LogP contribution in [0.2, 0.25) is 0 Å². The summed E-state index contributed by atoms with van der Waals surface area (Å²) in [5.74, 6) is -0.241. The van der Waals surface area contributed by atoms with Crippen LogP contribution in [-0.4, -0.2) is 61.0 Å². The van der Waals surface area contributed by atoms with Crippen LogP contribution >= 0.6 is 0 Å². The summed E-state index contributed by atoms with van der Waals surface area (Å²) < 4.78 is 11.5. The molecule has 0 N–H and O–H groups in total. The quantitative estimate of drug-likeness (QED) is 0.0495. The van der Waals surface area contributed by atoms with Crippen LogP contribution in [0, 0.1) is 0 Å². The van der Waals surface area contributed by atoms with E-state index >= 15 is 0 Å². The Morgan fingerprint density at radius 3 is 1.02 bits per heavy atom. The van der Waals surface area contributed by atoms with E-state index in [1.807, 2.05) is 24.3 Å². The summed E-state index contributed by atoms with van der Waals surface area (Å²) in [6.07, 6.45) is 31.4. The fraction of sp³-hybridized carbons (Fsp3) is 0.731. The normalized spacial score (nSPS) is 11.5. The zero-order valence-electron chi connectivity index (χ0n) is 38.2. The number of nitrogens with zero attached hydrogens (tertiary/aromatic N) is 2. The second-order valence-corrected chi connectivity index (χ2v) is 17.0. The van der Waals surface area contributed by atoms with Gasteiger partial charge in [-0.2, -0.15) is 0 Å². The van der Waals surface area contributed by atoms with Crippen LogP contribution in [0.15, 0.2) is 48.5 Å². The third-order valence-electron chi connectivity index (χ3n) is 11.5. The number of ether oxygens (including phenoxy) is 2. The lowest BCUT2D eigenvalue weighted by molar-refractivity contribution is -0.146. The first-order chi connectivity index (χ1) is 28.5. The summed E-state index contributed by atoms with van der Waals surface area (Å²) in [4.78, 5) is 30.7. The summed E-state index contributed by atoms with van der Waals surface area (Å²) in [5, 5.41) is 0. The lowest BCUT2D eigenvalue weighted by Crippen LogP contribution is -2.28. The van der Waals surface area contributed by atoms with E-state index in [4.69, 9.17) is 9.47 Å². The first-order valence-electron chi connectivity index (χ1n) is 24.4. The molecule has 0 unspecified atom stereocenters. The fourth-order valence-electron chi connectivity index (χ4n) is 7.83. The molecule has 2 aromatic rings. The molecule has 0 aliphatic heterocycles. The van der Waals surface area contributed by atoms with E-state index < -0.39 is 0 Å². The van der Waals surface area contributed by atoms with Crippen LogP contribution in [-0.2, 0) is 32.3 Å². The Labute approximate surface area is 357 Å². The molecular formula is C52H88N2O4. The molecule has 0 radical (unpaired) electrons. The Bertz CT molecular complexity index is 1180. The third-order valence-corrected chi connectivity index (χ3v) is 11.5. The number of hydrogen-bond acceptors (Lipinski definition) is 6. The van der Waals surface area contributed by atoms with E-state index in [0.29, 0.717) is 12.8 Å². The topological polar surface area (TPSA) is 59.1 Å². The van der Waals surface area contributed by atoms with Crippen molar-refractivity contribution >= 4 is 11.9 Å². The largest absolute Gasteiger partial charge is 0.461 e. The number of hydrogen-bond donors (Lipinski definition) is 0. The van der Waals surface area contributed by atoms with Crippen molar-refractivity contribution in [3.05, 3.63) is 59.7 Å². The van der Waals surface area contributed by atoms with Gasteiger partial charge in [-0.05, 0) is 112 Å². The highest BCUT2D eigenvalue weighted by Crippen LogP contribution is 2.23. The van der Waals surface area contributed by atoms with Gasteiger partial charge in [-0.1, -0.05) is 180 Å². The minimum atomic E-state index is -0.121. The Kier molecular flexibility index (Phi) is 32.1. The highest BCUT2D eigenvalue weighted by Gasteiger charge is 2.11. The SMILES string of the molecule is CCCCCCCCN(CCCCCCC)CCCC(=O)OCc1cccc(-c2cccc(COC(=O)CCCN(CCCCCCC)CCCCCCCC)c2)c1. The molecule has 0 heterocycles. The Balaban J connectivity index is 1.78. The van der Waals surface area contributed by atoms with Crippen molar-refractivity contribution in [2.75, 3.05) is 39.3 Å². The predicted octanol–water partition coefficient (Wildman–Crippen LogP) is 14.3. The molecule has 0 saturated carbocycles. The molecule has 0 fully saturated rings. The molecule has 2 aromatic carbocycles. The van der Waals surface area contributed by atoms with Gasteiger partial charge >= 0.3 is 11.9 Å². The summed E-state index contributed by atoms with van der Waals surface area (Å²) >= 11 is 0. The van der Waals surface area contributed by atoms with Gasteiger partial charge in [0.15, 0.2) is 0 Å². The number of carbonyl (C=O) groups excluding carboxylic acids is 2. The molecule has 0 atom stereocenters. The predicted molar refractivity (Wildman–Crippen MR) is 247 cm³/mol. The molecule has 2 rings (SSSR count). The Morgan fingerprint density at radius 1 is 0.397 bits per heavy atom. The first kappa shape index (κ1) is 51.4. The lowest BCUT2D eigenvalue weighted by atomic mass is 10.0. The van der Waals surface area contributed by atoms with Crippen LogP contribution in [0.4, 0.5) is 0 Å². The van der Waals surface area contributed by atoms with Crippen molar-refractivity contribution in [2.24, 2.45) is 0 Å². The maximum absolute atomic E-state index is 12.8. The Hall–Kier alpha value is -2.70. The molecule has 6 nitrogen and oxygen atoms in total. The monoisotopic (exact) mass is 805 g/mol. The highest BCUT2D eigenvalue weighted by molar-refractivity contribution is 5.70. The number of esters is 2. The van der Waals surface area contributed by atoms with Crippen LogP contribution in [0.25, 0.3) is 11.1 Å². The van der Waals surface area contributed by atoms with Crippen LogP contribution < -0.4 is 0 Å². The standard InChI is InChI=1S/C52H88N2O4/c1-5-9-13-17-21-25-39-53(37-23-19-15-11-7-3)41-29-35-51(55)57-45-47-31-27-33-49(43-47)50-34-28-32-48(44-50)46-58-52(56)36-30-42-54(38-24-20-16-12-8-4)40-26-22-18-14-10-6-2/h27-28,31-34,43-44H,5-26,29-30,35-42,45-46H2,1-4H3. The molecule has 0 spiro atoms. The highest BCUT2D eigenvalue weighted by atomic mass is 16.5. The fourth-order valence-corrected chi connectivity index (χ4v) is 7.83. The van der Waals surface area contributed by atoms with Crippen molar-refractivity contribution in [2.45, 2.75) is 208 Å². The number of unbranched alkanes of at least 4 members (excludes halogenated alkanes) is 18. The lowest BCUT2D eigenvalue weighted by Gasteiger charge is -2.22. The smallest absolute Gasteiger partial charge is 0.306 e. The van der Waals surface area contributed by atoms with Crippen molar-refractivity contribution in [3.63, 3.8) is 0 Å². The van der Waals surface area contributed by atoms with Crippen molar-refractivity contribution in [1.29, 1.82) is 0 Å². The molecule has 6 heteroatoms. The van der Waals surface area contributed by atoms with Crippen molar-refractivity contribution in [3.8, 4) is 11.1 Å². The van der Waals surface area contributed by atoms with Gasteiger partial charge in [-0.25, -0.2) is 0 Å². The van der Waals surface area contributed by atoms with Crippen LogP contribution in [0.5, 0.6) is 0 Å². The molecular weight excluding hydrogens is 717 g/mol. The van der Waals surface area contributed by atoms with Crippen LogP contribution in [0.3, 0.4) is 0 Å². The van der Waals surface area contributed by atoms with Gasteiger partial charge in [0.05, 0.1) is 0 Å². The van der Waals surface area contributed by atoms with Gasteiger partial charge in [0.2, 0.25) is 0 Å². The third kappa shape index (κ3) is 27.1. The van der Waals surface area contributed by atoms with E-state index in [1.165, 1.54) is 141 Å². The van der Waals surface area contributed by atoms with E-state index in [1.54, 1.807) is 0 Å². The van der Waals surface area contributed by atoms with E-state index in [0.717, 1.165) is 74.4 Å². The first-order valence-corrected chi connectivity index (χ1v) is 24.4. The molecule has 0 saturated heterocycles. The van der Waals surface area contributed by atoms with Gasteiger partial charge in [0, 0.05) is 12.8 Å². The molecule has 0 aliphatic carbocycles.